The van der Waals surface area contributed by atoms with Crippen LogP contribution in [-0.4, -0.2) is 51.8 Å². The first-order valence-corrected chi connectivity index (χ1v) is 14.7. The SMILES string of the molecule is CC(C)Oc1ccc(C(=O)C[C@@H](Cc2ccc(-c3cn4cccc(Br)c4n3)cc2)CN2CCCNC2=O)cc1Cl. The van der Waals surface area contributed by atoms with E-state index in [0.717, 1.165) is 33.4 Å². The number of nitrogens with zero attached hydrogens (tertiary/aromatic N) is 3. The van der Waals surface area contributed by atoms with Crippen molar-refractivity contribution in [1.29, 1.82) is 0 Å². The number of halogens is 2. The number of Topliss-reactive ketones (excluding diaryl/α,β-unsaturated/α-hetero) is 1. The Kier molecular flexibility index (Phi) is 8.76. The molecule has 2 amide bonds. The van der Waals surface area contributed by atoms with Gasteiger partial charge in [0.2, 0.25) is 0 Å². The van der Waals surface area contributed by atoms with Crippen molar-refractivity contribution in [2.75, 3.05) is 19.6 Å². The number of hydrogen-bond acceptors (Lipinski definition) is 4. The van der Waals surface area contributed by atoms with Gasteiger partial charge < -0.3 is 19.4 Å². The Morgan fingerprint density at radius 2 is 1.98 bits per heavy atom. The largest absolute Gasteiger partial charge is 0.489 e. The molecule has 208 valence electrons. The number of benzene rings is 2. The molecule has 1 aliphatic heterocycles. The molecule has 40 heavy (non-hydrogen) atoms. The molecule has 1 N–H and O–H groups in total. The van der Waals surface area contributed by atoms with E-state index in [1.54, 1.807) is 18.2 Å². The molecule has 0 aliphatic carbocycles. The normalized spacial score (nSPS) is 14.4. The van der Waals surface area contributed by atoms with E-state index in [1.165, 1.54) is 0 Å². The second-order valence-corrected chi connectivity index (χ2v) is 11.7. The maximum absolute atomic E-state index is 13.4. The third-order valence-corrected chi connectivity index (χ3v) is 7.86. The molecule has 1 atom stereocenters. The summed E-state index contributed by atoms with van der Waals surface area (Å²) in [6, 6.07) is 17.3. The fraction of sp³-hybridized carbons (Fsp3) is 0.323. The Morgan fingerprint density at radius 3 is 2.67 bits per heavy atom. The van der Waals surface area contributed by atoms with Crippen LogP contribution < -0.4 is 10.1 Å². The van der Waals surface area contributed by atoms with Crippen molar-refractivity contribution in [3.8, 4) is 17.0 Å². The maximum Gasteiger partial charge on any atom is 0.317 e. The lowest BCUT2D eigenvalue weighted by Crippen LogP contribution is -2.48. The third-order valence-electron chi connectivity index (χ3n) is 6.95. The number of ether oxygens (including phenoxy) is 1. The molecular formula is C31H32BrClN4O3. The van der Waals surface area contributed by atoms with Crippen molar-refractivity contribution < 1.29 is 14.3 Å². The van der Waals surface area contributed by atoms with E-state index in [4.69, 9.17) is 21.3 Å². The van der Waals surface area contributed by atoms with Gasteiger partial charge in [0.15, 0.2) is 11.4 Å². The van der Waals surface area contributed by atoms with Crippen LogP contribution in [0.5, 0.6) is 5.75 Å². The van der Waals surface area contributed by atoms with Crippen LogP contribution in [0.4, 0.5) is 4.79 Å². The summed E-state index contributed by atoms with van der Waals surface area (Å²) in [7, 11) is 0. The molecule has 1 saturated heterocycles. The number of carbonyl (C=O) groups is 2. The number of pyridine rings is 1. The molecule has 7 nitrogen and oxygen atoms in total. The smallest absolute Gasteiger partial charge is 0.317 e. The van der Waals surface area contributed by atoms with Gasteiger partial charge in [0, 0.05) is 49.6 Å². The summed E-state index contributed by atoms with van der Waals surface area (Å²) in [6.45, 7) is 5.73. The molecule has 3 heterocycles. The summed E-state index contributed by atoms with van der Waals surface area (Å²) in [4.78, 5) is 32.4. The highest BCUT2D eigenvalue weighted by atomic mass is 79.9. The van der Waals surface area contributed by atoms with Crippen molar-refractivity contribution in [3.63, 3.8) is 0 Å². The molecule has 2 aromatic carbocycles. The first kappa shape index (κ1) is 28.2. The number of carbonyl (C=O) groups excluding carboxylic acids is 2. The molecule has 4 aromatic rings. The zero-order valence-corrected chi connectivity index (χ0v) is 24.9. The van der Waals surface area contributed by atoms with Crippen molar-refractivity contribution in [1.82, 2.24) is 19.6 Å². The molecule has 2 aromatic heterocycles. The molecule has 0 radical (unpaired) electrons. The van der Waals surface area contributed by atoms with Gasteiger partial charge in [0.25, 0.3) is 0 Å². The molecule has 1 fully saturated rings. The van der Waals surface area contributed by atoms with E-state index in [2.05, 4.69) is 45.5 Å². The van der Waals surface area contributed by atoms with Gasteiger partial charge >= 0.3 is 6.03 Å². The van der Waals surface area contributed by atoms with Crippen LogP contribution in [-0.2, 0) is 6.42 Å². The van der Waals surface area contributed by atoms with E-state index in [9.17, 15) is 9.59 Å². The zero-order valence-electron chi connectivity index (χ0n) is 22.6. The van der Waals surface area contributed by atoms with Gasteiger partial charge in [-0.05, 0) is 84.4 Å². The topological polar surface area (TPSA) is 75.9 Å². The van der Waals surface area contributed by atoms with Crippen molar-refractivity contribution >= 4 is 45.0 Å². The summed E-state index contributed by atoms with van der Waals surface area (Å²) in [5, 5.41) is 3.33. The quantitative estimate of drug-likeness (QED) is 0.192. The molecule has 9 heteroatoms. The molecular weight excluding hydrogens is 592 g/mol. The average molecular weight is 624 g/mol. The number of aromatic nitrogens is 2. The Balaban J connectivity index is 1.33. The first-order valence-electron chi connectivity index (χ1n) is 13.5. The highest BCUT2D eigenvalue weighted by Gasteiger charge is 2.24. The first-order chi connectivity index (χ1) is 19.3. The Labute approximate surface area is 247 Å². The van der Waals surface area contributed by atoms with E-state index < -0.39 is 0 Å². The number of nitrogens with one attached hydrogen (secondary N) is 1. The highest BCUT2D eigenvalue weighted by Crippen LogP contribution is 2.29. The summed E-state index contributed by atoms with van der Waals surface area (Å²) < 4.78 is 8.65. The van der Waals surface area contributed by atoms with Gasteiger partial charge in [0.1, 0.15) is 5.75 Å². The number of amides is 2. The van der Waals surface area contributed by atoms with Gasteiger partial charge in [-0.3, -0.25) is 4.79 Å². The van der Waals surface area contributed by atoms with Gasteiger partial charge in [-0.25, -0.2) is 9.78 Å². The third kappa shape index (κ3) is 6.67. The molecule has 1 aliphatic rings. The van der Waals surface area contributed by atoms with Crippen molar-refractivity contribution in [2.45, 2.75) is 39.2 Å². The fourth-order valence-electron chi connectivity index (χ4n) is 5.03. The van der Waals surface area contributed by atoms with Gasteiger partial charge in [-0.15, -0.1) is 0 Å². The minimum atomic E-state index is -0.0738. The number of imidazole rings is 1. The van der Waals surface area contributed by atoms with Crippen molar-refractivity contribution in [3.05, 3.63) is 87.6 Å². The molecule has 0 saturated carbocycles. The molecule has 0 bridgehead atoms. The van der Waals surface area contributed by atoms with Crippen LogP contribution in [0, 0.1) is 5.92 Å². The van der Waals surface area contributed by atoms with E-state index in [-0.39, 0.29) is 23.8 Å². The molecule has 5 rings (SSSR count). The van der Waals surface area contributed by atoms with E-state index in [1.807, 2.05) is 47.7 Å². The predicted octanol–water partition coefficient (Wildman–Crippen LogP) is 7.05. The van der Waals surface area contributed by atoms with Crippen LogP contribution in [0.15, 0.2) is 71.5 Å². The summed E-state index contributed by atoms with van der Waals surface area (Å²) in [5.41, 5.74) is 4.41. The maximum atomic E-state index is 13.4. The summed E-state index contributed by atoms with van der Waals surface area (Å²) in [5.74, 6) is 0.499. The van der Waals surface area contributed by atoms with E-state index in [0.29, 0.717) is 48.8 Å². The Hall–Kier alpha value is -3.36. The summed E-state index contributed by atoms with van der Waals surface area (Å²) in [6.07, 6.45) is 5.82. The second kappa shape index (κ2) is 12.4. The van der Waals surface area contributed by atoms with E-state index >= 15 is 0 Å². The van der Waals surface area contributed by atoms with Gasteiger partial charge in [0.05, 0.1) is 21.3 Å². The highest BCUT2D eigenvalue weighted by molar-refractivity contribution is 9.10. The lowest BCUT2D eigenvalue weighted by Gasteiger charge is -2.31. The van der Waals surface area contributed by atoms with Crippen LogP contribution in [0.2, 0.25) is 5.02 Å². The molecule has 0 unspecified atom stereocenters. The van der Waals surface area contributed by atoms with Crippen LogP contribution in [0.1, 0.15) is 42.6 Å². The number of urea groups is 1. The number of rotatable bonds is 10. The van der Waals surface area contributed by atoms with Crippen molar-refractivity contribution in [2.24, 2.45) is 5.92 Å². The fourth-order valence-corrected chi connectivity index (χ4v) is 5.70. The lowest BCUT2D eigenvalue weighted by atomic mass is 9.91. The second-order valence-electron chi connectivity index (χ2n) is 10.5. The Morgan fingerprint density at radius 1 is 1.18 bits per heavy atom. The minimum Gasteiger partial charge on any atom is -0.489 e. The van der Waals surface area contributed by atoms with Crippen LogP contribution in [0.25, 0.3) is 16.9 Å². The van der Waals surface area contributed by atoms with Gasteiger partial charge in [-0.2, -0.15) is 0 Å². The van der Waals surface area contributed by atoms with Crippen LogP contribution in [0.3, 0.4) is 0 Å². The number of ketones is 1. The van der Waals surface area contributed by atoms with Gasteiger partial charge in [-0.1, -0.05) is 35.9 Å². The predicted molar refractivity (Wildman–Crippen MR) is 161 cm³/mol. The van der Waals surface area contributed by atoms with Crippen LogP contribution >= 0.6 is 27.5 Å². The number of fused-ring (bicyclic) bond motifs is 1. The Bertz CT molecular complexity index is 1520. The average Bonchev–Trinajstić information content (AvgIpc) is 3.37. The molecule has 0 spiro atoms. The number of hydrogen-bond donors (Lipinski definition) is 1. The summed E-state index contributed by atoms with van der Waals surface area (Å²) >= 11 is 9.97. The zero-order chi connectivity index (χ0) is 28.2. The standard InChI is InChI=1S/C31H32BrClN4O3/c1-20(2)40-29-11-10-24(17-26(29)33)28(38)16-22(18-37-14-4-12-34-31(37)39)15-21-6-8-23(9-7-21)27-19-36-13-3-5-25(32)30(36)35-27/h3,5-11,13,17,19-20,22H,4,12,14-16,18H2,1-2H3,(H,34,39)/t22-/m1/s1. The monoisotopic (exact) mass is 622 g/mol. The minimum absolute atomic E-state index is 0.00712. The lowest BCUT2D eigenvalue weighted by molar-refractivity contribution is 0.0946.